The fourth-order valence-corrected chi connectivity index (χ4v) is 2.45. The van der Waals surface area contributed by atoms with Crippen molar-refractivity contribution in [3.05, 3.63) is 40.5 Å². The van der Waals surface area contributed by atoms with E-state index >= 15 is 0 Å². The summed E-state index contributed by atoms with van der Waals surface area (Å²) in [6, 6.07) is 8.20. The van der Waals surface area contributed by atoms with E-state index in [2.05, 4.69) is 32.6 Å². The molecular weight excluding hydrogens is 254 g/mol. The summed E-state index contributed by atoms with van der Waals surface area (Å²) in [7, 11) is 2.02. The number of aliphatic hydroxyl groups is 1. The Bertz CT molecular complexity index is 475. The highest BCUT2D eigenvalue weighted by Gasteiger charge is 2.09. The average Bonchev–Trinajstić information content (AvgIpc) is 2.51. The number of hydrogen-bond donors (Lipinski definition) is 1. The Morgan fingerprint density at radius 3 is 2.80 bits per heavy atom. The van der Waals surface area contributed by atoms with Gasteiger partial charge in [0.25, 0.3) is 0 Å². The first kappa shape index (κ1) is 10.5. The molecule has 2 nitrogen and oxygen atoms in total. The number of benzene rings is 1. The molecule has 78 valence electrons. The van der Waals surface area contributed by atoms with Crippen molar-refractivity contribution in [2.24, 2.45) is 7.05 Å². The van der Waals surface area contributed by atoms with Gasteiger partial charge in [0, 0.05) is 18.0 Å². The Balaban J connectivity index is 2.69. The smallest absolute Gasteiger partial charge is 0.0616 e. The minimum Gasteiger partial charge on any atom is -0.392 e. The second-order valence-corrected chi connectivity index (χ2v) is 4.15. The van der Waals surface area contributed by atoms with Crippen molar-refractivity contribution in [2.45, 2.75) is 0 Å². The van der Waals surface area contributed by atoms with Gasteiger partial charge in [-0.15, -0.1) is 0 Å². The van der Waals surface area contributed by atoms with Crippen LogP contribution in [0.25, 0.3) is 17.0 Å². The van der Waals surface area contributed by atoms with Crippen LogP contribution in [0.2, 0.25) is 0 Å². The zero-order valence-corrected chi connectivity index (χ0v) is 10.0. The van der Waals surface area contributed by atoms with Crippen molar-refractivity contribution in [1.29, 1.82) is 0 Å². The molecule has 0 aliphatic heterocycles. The Morgan fingerprint density at radius 2 is 2.13 bits per heavy atom. The number of rotatable bonds is 2. The summed E-state index contributed by atoms with van der Waals surface area (Å²) < 4.78 is 3.18. The number of para-hydroxylation sites is 1. The molecule has 1 N–H and O–H groups in total. The zero-order valence-electron chi connectivity index (χ0n) is 8.44. The molecule has 0 spiro atoms. The Labute approximate surface area is 97.0 Å². The van der Waals surface area contributed by atoms with Gasteiger partial charge in [-0.2, -0.15) is 0 Å². The van der Waals surface area contributed by atoms with Crippen LogP contribution in [0.1, 0.15) is 5.69 Å². The van der Waals surface area contributed by atoms with Crippen molar-refractivity contribution in [3.8, 4) is 0 Å². The number of aliphatic hydroxyl groups excluding tert-OH is 1. The number of nitrogens with zero attached hydrogens (tertiary/aromatic N) is 1. The van der Waals surface area contributed by atoms with Gasteiger partial charge in [0.05, 0.1) is 16.8 Å². The van der Waals surface area contributed by atoms with Crippen LogP contribution in [0.3, 0.4) is 0 Å². The van der Waals surface area contributed by atoms with Crippen molar-refractivity contribution in [2.75, 3.05) is 6.61 Å². The van der Waals surface area contributed by atoms with Crippen molar-refractivity contribution in [3.63, 3.8) is 0 Å². The van der Waals surface area contributed by atoms with E-state index < -0.39 is 0 Å². The minimum atomic E-state index is 0.0635. The van der Waals surface area contributed by atoms with Gasteiger partial charge in [0.15, 0.2) is 0 Å². The van der Waals surface area contributed by atoms with Crippen LogP contribution in [0.15, 0.2) is 34.8 Å². The summed E-state index contributed by atoms with van der Waals surface area (Å²) in [6.45, 7) is 0.0635. The normalized spacial score (nSPS) is 11.7. The van der Waals surface area contributed by atoms with Gasteiger partial charge in [-0.25, -0.2) is 0 Å². The fourth-order valence-electron chi connectivity index (χ4n) is 1.72. The first-order valence-corrected chi connectivity index (χ1v) is 5.55. The molecule has 0 radical (unpaired) electrons. The standard InChI is InChI=1S/C12H12BrNO/c1-14-10-6-3-2-5-9(10)12(13)11(14)7-4-8-15/h2-7,15H,8H2,1H3/b7-4+. The maximum absolute atomic E-state index is 8.77. The van der Waals surface area contributed by atoms with Crippen LogP contribution in [0.4, 0.5) is 0 Å². The zero-order chi connectivity index (χ0) is 10.8. The van der Waals surface area contributed by atoms with Crippen LogP contribution >= 0.6 is 15.9 Å². The van der Waals surface area contributed by atoms with E-state index in [1.165, 1.54) is 10.9 Å². The molecule has 1 aromatic heterocycles. The van der Waals surface area contributed by atoms with Crippen molar-refractivity contribution in [1.82, 2.24) is 4.57 Å². The molecule has 0 saturated heterocycles. The van der Waals surface area contributed by atoms with Gasteiger partial charge >= 0.3 is 0 Å². The van der Waals surface area contributed by atoms with E-state index in [9.17, 15) is 0 Å². The fraction of sp³-hybridized carbons (Fsp3) is 0.167. The van der Waals surface area contributed by atoms with E-state index in [0.717, 1.165) is 10.2 Å². The third kappa shape index (κ3) is 1.73. The van der Waals surface area contributed by atoms with Gasteiger partial charge in [-0.05, 0) is 28.1 Å². The van der Waals surface area contributed by atoms with Crippen LogP contribution in [-0.2, 0) is 7.05 Å². The first-order chi connectivity index (χ1) is 7.25. The predicted molar refractivity (Wildman–Crippen MR) is 66.7 cm³/mol. The molecule has 3 heteroatoms. The number of hydrogen-bond acceptors (Lipinski definition) is 1. The second kappa shape index (κ2) is 4.21. The number of aromatic nitrogens is 1. The molecule has 0 bridgehead atoms. The molecule has 0 fully saturated rings. The van der Waals surface area contributed by atoms with Crippen LogP contribution < -0.4 is 0 Å². The molecule has 15 heavy (non-hydrogen) atoms. The lowest BCUT2D eigenvalue weighted by Gasteiger charge is -1.98. The Hall–Kier alpha value is -1.06. The molecule has 0 atom stereocenters. The lowest BCUT2D eigenvalue weighted by atomic mass is 10.2. The largest absolute Gasteiger partial charge is 0.392 e. The number of halogens is 1. The summed E-state index contributed by atoms with van der Waals surface area (Å²) >= 11 is 3.58. The molecule has 0 unspecified atom stereocenters. The first-order valence-electron chi connectivity index (χ1n) is 4.76. The van der Waals surface area contributed by atoms with Crippen molar-refractivity contribution >= 4 is 32.9 Å². The summed E-state index contributed by atoms with van der Waals surface area (Å²) in [4.78, 5) is 0. The molecule has 2 rings (SSSR count). The lowest BCUT2D eigenvalue weighted by molar-refractivity contribution is 0.343. The highest BCUT2D eigenvalue weighted by molar-refractivity contribution is 9.10. The molecule has 0 aliphatic carbocycles. The molecule has 2 aromatic rings. The van der Waals surface area contributed by atoms with Crippen LogP contribution in [0, 0.1) is 0 Å². The maximum atomic E-state index is 8.77. The molecule has 0 amide bonds. The van der Waals surface area contributed by atoms with E-state index in [-0.39, 0.29) is 6.61 Å². The van der Waals surface area contributed by atoms with Gasteiger partial charge in [-0.3, -0.25) is 0 Å². The Morgan fingerprint density at radius 1 is 1.40 bits per heavy atom. The van der Waals surface area contributed by atoms with Gasteiger partial charge in [-0.1, -0.05) is 24.3 Å². The second-order valence-electron chi connectivity index (χ2n) is 3.36. The lowest BCUT2D eigenvalue weighted by Crippen LogP contribution is -1.90. The van der Waals surface area contributed by atoms with Gasteiger partial charge in [0.2, 0.25) is 0 Å². The SMILES string of the molecule is Cn1c(/C=C/CO)c(Br)c2ccccc21. The monoisotopic (exact) mass is 265 g/mol. The molecule has 1 heterocycles. The third-order valence-electron chi connectivity index (χ3n) is 2.47. The van der Waals surface area contributed by atoms with Gasteiger partial charge < -0.3 is 9.67 Å². The molecular formula is C12H12BrNO. The maximum Gasteiger partial charge on any atom is 0.0616 e. The summed E-state index contributed by atoms with van der Waals surface area (Å²) in [5.74, 6) is 0. The number of fused-ring (bicyclic) bond motifs is 1. The highest BCUT2D eigenvalue weighted by Crippen LogP contribution is 2.30. The van der Waals surface area contributed by atoms with Gasteiger partial charge in [0.1, 0.15) is 0 Å². The minimum absolute atomic E-state index is 0.0635. The van der Waals surface area contributed by atoms with E-state index in [0.29, 0.717) is 0 Å². The molecule has 0 aliphatic rings. The third-order valence-corrected chi connectivity index (χ3v) is 3.30. The summed E-state index contributed by atoms with van der Waals surface area (Å²) in [5.41, 5.74) is 2.26. The van der Waals surface area contributed by atoms with E-state index in [4.69, 9.17) is 5.11 Å². The summed E-state index contributed by atoms with van der Waals surface area (Å²) in [5, 5.41) is 9.97. The quantitative estimate of drug-likeness (QED) is 0.888. The number of aryl methyl sites for hydroxylation is 1. The average molecular weight is 266 g/mol. The molecule has 0 saturated carbocycles. The van der Waals surface area contributed by atoms with Crippen molar-refractivity contribution < 1.29 is 5.11 Å². The predicted octanol–water partition coefficient (Wildman–Crippen LogP) is 2.95. The molecule has 1 aromatic carbocycles. The highest BCUT2D eigenvalue weighted by atomic mass is 79.9. The van der Waals surface area contributed by atoms with Crippen LogP contribution in [-0.4, -0.2) is 16.3 Å². The van der Waals surface area contributed by atoms with E-state index in [1.807, 2.05) is 25.3 Å². The van der Waals surface area contributed by atoms with Crippen LogP contribution in [0.5, 0.6) is 0 Å². The Kier molecular flexibility index (Phi) is 2.93. The summed E-state index contributed by atoms with van der Waals surface area (Å²) in [6.07, 6.45) is 3.66. The topological polar surface area (TPSA) is 25.2 Å². The van der Waals surface area contributed by atoms with E-state index in [1.54, 1.807) is 6.08 Å².